The van der Waals surface area contributed by atoms with Gasteiger partial charge < -0.3 is 14.8 Å². The predicted octanol–water partition coefficient (Wildman–Crippen LogP) is 3.02. The first-order valence-electron chi connectivity index (χ1n) is 7.17. The zero-order valence-electron chi connectivity index (χ0n) is 12.8. The van der Waals surface area contributed by atoms with E-state index < -0.39 is 0 Å². The minimum atomic E-state index is -0.355. The Balaban J connectivity index is 1.99. The number of carbonyl (C=O) groups excluding carboxylic acids is 1. The molecule has 1 N–H and O–H groups in total. The van der Waals surface area contributed by atoms with Gasteiger partial charge in [-0.05, 0) is 30.2 Å². The Morgan fingerprint density at radius 3 is 2.59 bits per heavy atom. The molecule has 0 fully saturated rings. The summed E-state index contributed by atoms with van der Waals surface area (Å²) in [5.74, 6) is 0.354. The number of carbonyl (C=O) groups is 1. The van der Waals surface area contributed by atoms with Gasteiger partial charge in [0, 0.05) is 19.9 Å². The van der Waals surface area contributed by atoms with Gasteiger partial charge in [-0.25, -0.2) is 9.78 Å². The third-order valence-corrected chi connectivity index (χ3v) is 3.15. The molecular formula is C17H20N2O3. The number of rotatable bonds is 7. The van der Waals surface area contributed by atoms with Crippen LogP contribution in [0.25, 0.3) is 0 Å². The third-order valence-electron chi connectivity index (χ3n) is 3.15. The van der Waals surface area contributed by atoms with Crippen LogP contribution in [0.3, 0.4) is 0 Å². The number of hydrogen-bond acceptors (Lipinski definition) is 5. The summed E-state index contributed by atoms with van der Waals surface area (Å²) < 4.78 is 10.1. The summed E-state index contributed by atoms with van der Waals surface area (Å²) in [7, 11) is 1.68. The first-order chi connectivity index (χ1) is 10.7. The molecule has 116 valence electrons. The van der Waals surface area contributed by atoms with Crippen LogP contribution in [0.2, 0.25) is 0 Å². The van der Waals surface area contributed by atoms with Crippen molar-refractivity contribution in [3.8, 4) is 0 Å². The number of methoxy groups -OCH3 is 1. The SMILES string of the molecule is CCOC(=O)c1ccc(NCc2ccccc2COC)nc1. The van der Waals surface area contributed by atoms with Crippen molar-refractivity contribution in [2.75, 3.05) is 19.0 Å². The number of anilines is 1. The largest absolute Gasteiger partial charge is 0.462 e. The quantitative estimate of drug-likeness (QED) is 0.796. The van der Waals surface area contributed by atoms with E-state index in [9.17, 15) is 4.79 Å². The van der Waals surface area contributed by atoms with E-state index in [0.717, 1.165) is 11.1 Å². The van der Waals surface area contributed by atoms with Crippen molar-refractivity contribution < 1.29 is 14.3 Å². The van der Waals surface area contributed by atoms with Crippen LogP contribution in [0.1, 0.15) is 28.4 Å². The highest BCUT2D eigenvalue weighted by atomic mass is 16.5. The predicted molar refractivity (Wildman–Crippen MR) is 84.7 cm³/mol. The Hall–Kier alpha value is -2.40. The Kier molecular flexibility index (Phi) is 5.91. The molecule has 0 spiro atoms. The standard InChI is InChI=1S/C17H20N2O3/c1-3-22-17(20)14-8-9-16(19-11-14)18-10-13-6-4-5-7-15(13)12-21-2/h4-9,11H,3,10,12H2,1-2H3,(H,18,19). The summed E-state index contributed by atoms with van der Waals surface area (Å²) in [6.07, 6.45) is 1.52. The molecule has 1 aromatic carbocycles. The van der Waals surface area contributed by atoms with E-state index >= 15 is 0 Å². The van der Waals surface area contributed by atoms with Crippen LogP contribution < -0.4 is 5.32 Å². The Bertz CT molecular complexity index is 612. The van der Waals surface area contributed by atoms with Gasteiger partial charge in [0.05, 0.1) is 18.8 Å². The van der Waals surface area contributed by atoms with Crippen LogP contribution in [0, 0.1) is 0 Å². The van der Waals surface area contributed by atoms with Crippen molar-refractivity contribution in [2.24, 2.45) is 0 Å². The first kappa shape index (κ1) is 16.0. The van der Waals surface area contributed by atoms with Crippen molar-refractivity contribution in [1.82, 2.24) is 4.98 Å². The number of hydrogen-bond donors (Lipinski definition) is 1. The molecule has 0 saturated heterocycles. The van der Waals surface area contributed by atoms with Gasteiger partial charge in [0.15, 0.2) is 0 Å². The monoisotopic (exact) mass is 300 g/mol. The maximum atomic E-state index is 11.6. The maximum absolute atomic E-state index is 11.6. The van der Waals surface area contributed by atoms with E-state index in [4.69, 9.17) is 9.47 Å². The first-order valence-corrected chi connectivity index (χ1v) is 7.17. The number of pyridine rings is 1. The second-order valence-corrected chi connectivity index (χ2v) is 4.71. The van der Waals surface area contributed by atoms with Crippen LogP contribution in [-0.4, -0.2) is 24.7 Å². The molecule has 2 aromatic rings. The summed E-state index contributed by atoms with van der Waals surface area (Å²) in [4.78, 5) is 15.8. The van der Waals surface area contributed by atoms with Gasteiger partial charge in [-0.2, -0.15) is 0 Å². The molecule has 0 radical (unpaired) electrons. The summed E-state index contributed by atoms with van der Waals surface area (Å²) in [5, 5.41) is 3.24. The van der Waals surface area contributed by atoms with E-state index in [1.807, 2.05) is 24.3 Å². The van der Waals surface area contributed by atoms with Crippen molar-refractivity contribution in [3.63, 3.8) is 0 Å². The van der Waals surface area contributed by atoms with Crippen molar-refractivity contribution >= 4 is 11.8 Å². The molecular weight excluding hydrogens is 280 g/mol. The molecule has 1 aromatic heterocycles. The molecule has 0 amide bonds. The number of ether oxygens (including phenoxy) is 2. The summed E-state index contributed by atoms with van der Waals surface area (Å²) in [5.41, 5.74) is 2.74. The van der Waals surface area contributed by atoms with Gasteiger partial charge in [0.25, 0.3) is 0 Å². The van der Waals surface area contributed by atoms with E-state index in [2.05, 4.69) is 10.3 Å². The number of nitrogens with zero attached hydrogens (tertiary/aromatic N) is 1. The Morgan fingerprint density at radius 1 is 1.18 bits per heavy atom. The van der Waals surface area contributed by atoms with Crippen molar-refractivity contribution in [2.45, 2.75) is 20.1 Å². The zero-order valence-corrected chi connectivity index (χ0v) is 12.8. The summed E-state index contributed by atoms with van der Waals surface area (Å²) >= 11 is 0. The topological polar surface area (TPSA) is 60.5 Å². The number of benzene rings is 1. The molecule has 5 heteroatoms. The Labute approximate surface area is 130 Å². The lowest BCUT2D eigenvalue weighted by Crippen LogP contribution is -2.07. The van der Waals surface area contributed by atoms with E-state index in [1.165, 1.54) is 6.20 Å². The minimum Gasteiger partial charge on any atom is -0.462 e. The fraction of sp³-hybridized carbons (Fsp3) is 0.294. The highest BCUT2D eigenvalue weighted by molar-refractivity contribution is 5.89. The number of aromatic nitrogens is 1. The molecule has 0 aliphatic rings. The Morgan fingerprint density at radius 2 is 1.95 bits per heavy atom. The van der Waals surface area contributed by atoms with Crippen molar-refractivity contribution in [1.29, 1.82) is 0 Å². The second kappa shape index (κ2) is 8.14. The lowest BCUT2D eigenvalue weighted by atomic mass is 10.1. The van der Waals surface area contributed by atoms with Gasteiger partial charge in [-0.3, -0.25) is 0 Å². The normalized spacial score (nSPS) is 10.3. The summed E-state index contributed by atoms with van der Waals surface area (Å²) in [6, 6.07) is 11.5. The number of esters is 1. The van der Waals surface area contributed by atoms with Crippen LogP contribution in [0.4, 0.5) is 5.82 Å². The average molecular weight is 300 g/mol. The molecule has 5 nitrogen and oxygen atoms in total. The fourth-order valence-electron chi connectivity index (χ4n) is 2.05. The molecule has 0 unspecified atom stereocenters. The van der Waals surface area contributed by atoms with Crippen LogP contribution in [0.5, 0.6) is 0 Å². The highest BCUT2D eigenvalue weighted by Gasteiger charge is 2.07. The lowest BCUT2D eigenvalue weighted by Gasteiger charge is -2.10. The zero-order chi connectivity index (χ0) is 15.8. The lowest BCUT2D eigenvalue weighted by molar-refractivity contribution is 0.0526. The molecule has 0 aliphatic carbocycles. The molecule has 2 rings (SSSR count). The molecule has 22 heavy (non-hydrogen) atoms. The fourth-order valence-corrected chi connectivity index (χ4v) is 2.05. The maximum Gasteiger partial charge on any atom is 0.339 e. The average Bonchev–Trinajstić information content (AvgIpc) is 2.55. The molecule has 0 saturated carbocycles. The third kappa shape index (κ3) is 4.30. The molecule has 0 aliphatic heterocycles. The molecule has 1 heterocycles. The van der Waals surface area contributed by atoms with Gasteiger partial charge in [0.1, 0.15) is 5.82 Å². The van der Waals surface area contributed by atoms with Gasteiger partial charge in [-0.15, -0.1) is 0 Å². The van der Waals surface area contributed by atoms with E-state index in [1.54, 1.807) is 26.2 Å². The molecule has 0 bridgehead atoms. The van der Waals surface area contributed by atoms with Gasteiger partial charge in [0.2, 0.25) is 0 Å². The smallest absolute Gasteiger partial charge is 0.339 e. The van der Waals surface area contributed by atoms with Gasteiger partial charge >= 0.3 is 5.97 Å². The van der Waals surface area contributed by atoms with Crippen LogP contribution >= 0.6 is 0 Å². The molecule has 0 atom stereocenters. The van der Waals surface area contributed by atoms with E-state index in [0.29, 0.717) is 31.1 Å². The second-order valence-electron chi connectivity index (χ2n) is 4.71. The van der Waals surface area contributed by atoms with E-state index in [-0.39, 0.29) is 5.97 Å². The van der Waals surface area contributed by atoms with Crippen LogP contribution in [0.15, 0.2) is 42.6 Å². The highest BCUT2D eigenvalue weighted by Crippen LogP contribution is 2.13. The van der Waals surface area contributed by atoms with Gasteiger partial charge in [-0.1, -0.05) is 24.3 Å². The number of nitrogens with one attached hydrogen (secondary N) is 1. The minimum absolute atomic E-state index is 0.355. The van der Waals surface area contributed by atoms with Crippen LogP contribution in [-0.2, 0) is 22.6 Å². The summed E-state index contributed by atoms with van der Waals surface area (Å²) in [6.45, 7) is 3.35. The van der Waals surface area contributed by atoms with Crippen molar-refractivity contribution in [3.05, 3.63) is 59.3 Å².